The molecule has 0 unspecified atom stereocenters. The van der Waals surface area contributed by atoms with Gasteiger partial charge in [0.1, 0.15) is 0 Å². The first-order chi connectivity index (χ1) is 7.22. The van der Waals surface area contributed by atoms with Gasteiger partial charge in [-0.1, -0.05) is 30.3 Å². The minimum absolute atomic E-state index is 0.0691. The highest BCUT2D eigenvalue weighted by atomic mass is 16.7. The van der Waals surface area contributed by atoms with Crippen LogP contribution in [-0.2, 0) is 20.7 Å². The molecule has 1 rings (SSSR count). The Kier molecular flexibility index (Phi) is 4.34. The van der Waals surface area contributed by atoms with Gasteiger partial charge in [0, 0.05) is 0 Å². The summed E-state index contributed by atoms with van der Waals surface area (Å²) >= 11 is 0. The van der Waals surface area contributed by atoms with Crippen LogP contribution >= 0.6 is 0 Å². The summed E-state index contributed by atoms with van der Waals surface area (Å²) in [7, 11) is 0. The summed E-state index contributed by atoms with van der Waals surface area (Å²) < 4.78 is 8.86. The van der Waals surface area contributed by atoms with Gasteiger partial charge in [-0.2, -0.15) is 0 Å². The molecule has 0 bridgehead atoms. The second kappa shape index (κ2) is 5.80. The highest BCUT2D eigenvalue weighted by Crippen LogP contribution is 2.01. The lowest BCUT2D eigenvalue weighted by Crippen LogP contribution is -2.15. The van der Waals surface area contributed by atoms with Crippen molar-refractivity contribution in [2.24, 2.45) is 0 Å². The van der Waals surface area contributed by atoms with E-state index in [1.54, 1.807) is 19.1 Å². The van der Waals surface area contributed by atoms with Gasteiger partial charge < -0.3 is 9.47 Å². The fraction of sp³-hybridized carbons (Fsp3) is 0.273. The van der Waals surface area contributed by atoms with E-state index in [2.05, 4.69) is 9.47 Å². The minimum atomic E-state index is -0.946. The molecule has 0 aliphatic rings. The molecule has 4 nitrogen and oxygen atoms in total. The Balaban J connectivity index is 2.40. The molecule has 0 fully saturated rings. The van der Waals surface area contributed by atoms with Crippen LogP contribution in [0.1, 0.15) is 12.5 Å². The molecule has 4 heteroatoms. The van der Waals surface area contributed by atoms with Gasteiger partial charge in [0.05, 0.1) is 13.0 Å². The van der Waals surface area contributed by atoms with Crippen molar-refractivity contribution >= 4 is 12.1 Å². The second-order valence-electron chi connectivity index (χ2n) is 2.82. The maximum atomic E-state index is 11.2. The molecule has 0 saturated carbocycles. The second-order valence-corrected chi connectivity index (χ2v) is 2.82. The van der Waals surface area contributed by atoms with E-state index in [-0.39, 0.29) is 13.0 Å². The molecule has 1 aromatic rings. The Morgan fingerprint density at radius 2 is 1.87 bits per heavy atom. The fourth-order valence-corrected chi connectivity index (χ4v) is 1.04. The quantitative estimate of drug-likeness (QED) is 0.562. The molecule has 0 spiro atoms. The summed E-state index contributed by atoms with van der Waals surface area (Å²) in [4.78, 5) is 22.0. The van der Waals surface area contributed by atoms with Crippen LogP contribution in [0.2, 0.25) is 0 Å². The standard InChI is InChI=1S/C11H12O4/c1-2-14-11(13)15-10(12)8-9-6-4-3-5-7-9/h3-7H,2,8H2,1H3. The lowest BCUT2D eigenvalue weighted by Gasteiger charge is -2.02. The third-order valence-corrected chi connectivity index (χ3v) is 1.65. The summed E-state index contributed by atoms with van der Waals surface area (Å²) in [5.41, 5.74) is 0.798. The van der Waals surface area contributed by atoms with Crippen LogP contribution in [0.5, 0.6) is 0 Å². The lowest BCUT2D eigenvalue weighted by molar-refractivity contribution is -0.138. The van der Waals surface area contributed by atoms with Gasteiger partial charge in [-0.3, -0.25) is 4.79 Å². The summed E-state index contributed by atoms with van der Waals surface area (Å²) in [5, 5.41) is 0. The van der Waals surface area contributed by atoms with Gasteiger partial charge in [0.15, 0.2) is 0 Å². The molecule has 0 radical (unpaired) electrons. The molecular weight excluding hydrogens is 196 g/mol. The number of ether oxygens (including phenoxy) is 2. The average Bonchev–Trinajstić information content (AvgIpc) is 2.19. The molecule has 0 heterocycles. The first-order valence-corrected chi connectivity index (χ1v) is 4.63. The molecule has 0 amide bonds. The molecule has 0 saturated heterocycles. The van der Waals surface area contributed by atoms with Crippen molar-refractivity contribution in [1.82, 2.24) is 0 Å². The predicted octanol–water partition coefficient (Wildman–Crippen LogP) is 1.93. The number of esters is 1. The van der Waals surface area contributed by atoms with E-state index in [0.717, 1.165) is 5.56 Å². The van der Waals surface area contributed by atoms with E-state index in [1.807, 2.05) is 18.2 Å². The normalized spacial score (nSPS) is 9.40. The highest BCUT2D eigenvalue weighted by Gasteiger charge is 2.11. The first-order valence-electron chi connectivity index (χ1n) is 4.63. The number of hydrogen-bond acceptors (Lipinski definition) is 4. The molecule has 1 aromatic carbocycles. The summed E-state index contributed by atoms with van der Waals surface area (Å²) in [5.74, 6) is -0.611. The van der Waals surface area contributed by atoms with Crippen LogP contribution in [0.25, 0.3) is 0 Å². The van der Waals surface area contributed by atoms with Crippen LogP contribution in [0, 0.1) is 0 Å². The highest BCUT2D eigenvalue weighted by molar-refractivity contribution is 5.83. The van der Waals surface area contributed by atoms with Crippen molar-refractivity contribution in [3.05, 3.63) is 35.9 Å². The van der Waals surface area contributed by atoms with Crippen molar-refractivity contribution in [3.63, 3.8) is 0 Å². The zero-order valence-electron chi connectivity index (χ0n) is 8.43. The van der Waals surface area contributed by atoms with Crippen molar-refractivity contribution in [2.45, 2.75) is 13.3 Å². The molecule has 0 aliphatic carbocycles. The van der Waals surface area contributed by atoms with E-state index in [1.165, 1.54) is 0 Å². The lowest BCUT2D eigenvalue weighted by atomic mass is 10.2. The number of benzene rings is 1. The monoisotopic (exact) mass is 208 g/mol. The van der Waals surface area contributed by atoms with Crippen molar-refractivity contribution < 1.29 is 19.1 Å². The molecule has 80 valence electrons. The third-order valence-electron chi connectivity index (χ3n) is 1.65. The average molecular weight is 208 g/mol. The van der Waals surface area contributed by atoms with Gasteiger partial charge >= 0.3 is 12.1 Å². The molecule has 0 aromatic heterocycles. The Morgan fingerprint density at radius 3 is 2.47 bits per heavy atom. The number of rotatable bonds is 3. The number of carbonyl (C=O) groups excluding carboxylic acids is 2. The molecule has 0 atom stereocenters. The SMILES string of the molecule is CCOC(=O)OC(=O)Cc1ccccc1. The van der Waals surface area contributed by atoms with Gasteiger partial charge in [-0.25, -0.2) is 4.79 Å². The van der Waals surface area contributed by atoms with E-state index >= 15 is 0 Å². The van der Waals surface area contributed by atoms with E-state index in [0.29, 0.717) is 0 Å². The Morgan fingerprint density at radius 1 is 1.20 bits per heavy atom. The smallest absolute Gasteiger partial charge is 0.434 e. The van der Waals surface area contributed by atoms with Crippen molar-refractivity contribution in [1.29, 1.82) is 0 Å². The van der Waals surface area contributed by atoms with Crippen LogP contribution in [0.4, 0.5) is 4.79 Å². The zero-order chi connectivity index (χ0) is 11.1. The summed E-state index contributed by atoms with van der Waals surface area (Å²) in [6.07, 6.45) is -0.877. The molecule has 0 aliphatic heterocycles. The maximum Gasteiger partial charge on any atom is 0.516 e. The van der Waals surface area contributed by atoms with Gasteiger partial charge in [0.2, 0.25) is 0 Å². The first kappa shape index (κ1) is 11.2. The maximum absolute atomic E-state index is 11.2. The Labute approximate surface area is 87.8 Å². The largest absolute Gasteiger partial charge is 0.516 e. The molecular formula is C11H12O4. The predicted molar refractivity (Wildman–Crippen MR) is 53.3 cm³/mol. The van der Waals surface area contributed by atoms with Gasteiger partial charge in [-0.05, 0) is 12.5 Å². The third kappa shape index (κ3) is 4.26. The van der Waals surface area contributed by atoms with Crippen LogP contribution < -0.4 is 0 Å². The number of carbonyl (C=O) groups is 2. The Hall–Kier alpha value is -1.84. The summed E-state index contributed by atoms with van der Waals surface area (Å²) in [6, 6.07) is 9.04. The van der Waals surface area contributed by atoms with Gasteiger partial charge in [0.25, 0.3) is 0 Å². The molecule has 0 N–H and O–H groups in total. The minimum Gasteiger partial charge on any atom is -0.434 e. The molecule has 15 heavy (non-hydrogen) atoms. The fourth-order valence-electron chi connectivity index (χ4n) is 1.04. The topological polar surface area (TPSA) is 52.6 Å². The Bertz CT molecular complexity index is 332. The van der Waals surface area contributed by atoms with E-state index in [4.69, 9.17) is 0 Å². The zero-order valence-corrected chi connectivity index (χ0v) is 8.43. The van der Waals surface area contributed by atoms with E-state index in [9.17, 15) is 9.59 Å². The van der Waals surface area contributed by atoms with Crippen LogP contribution in [0.15, 0.2) is 30.3 Å². The van der Waals surface area contributed by atoms with Crippen molar-refractivity contribution in [2.75, 3.05) is 6.61 Å². The van der Waals surface area contributed by atoms with Crippen LogP contribution in [-0.4, -0.2) is 18.7 Å². The van der Waals surface area contributed by atoms with Crippen LogP contribution in [0.3, 0.4) is 0 Å². The number of hydrogen-bond donors (Lipinski definition) is 0. The van der Waals surface area contributed by atoms with Crippen molar-refractivity contribution in [3.8, 4) is 0 Å². The van der Waals surface area contributed by atoms with E-state index < -0.39 is 12.1 Å². The van der Waals surface area contributed by atoms with Gasteiger partial charge in [-0.15, -0.1) is 0 Å². The summed E-state index contributed by atoms with van der Waals surface area (Å²) in [6.45, 7) is 1.83.